The van der Waals surface area contributed by atoms with Gasteiger partial charge in [-0.1, -0.05) is 37.8 Å². The van der Waals surface area contributed by atoms with E-state index in [0.29, 0.717) is 6.54 Å². The van der Waals surface area contributed by atoms with Crippen molar-refractivity contribution in [1.82, 2.24) is 0 Å². The summed E-state index contributed by atoms with van der Waals surface area (Å²) in [5, 5.41) is 2.78. The summed E-state index contributed by atoms with van der Waals surface area (Å²) in [6, 6.07) is 0. The summed E-state index contributed by atoms with van der Waals surface area (Å²) >= 11 is 0. The Morgan fingerprint density at radius 1 is 1.11 bits per heavy atom. The minimum Gasteiger partial charge on any atom is -0.151 e. The van der Waals surface area contributed by atoms with Crippen LogP contribution < -0.4 is 0 Å². The molecule has 0 saturated heterocycles. The molecule has 0 aliphatic rings. The SMILES string of the molecule is CCCCCCCN=O. The third-order valence-electron chi connectivity index (χ3n) is 1.35. The van der Waals surface area contributed by atoms with Crippen LogP contribution in [0.5, 0.6) is 0 Å². The number of hydrogen-bond acceptors (Lipinski definition) is 2. The topological polar surface area (TPSA) is 29.4 Å². The lowest BCUT2D eigenvalue weighted by atomic mass is 10.2. The van der Waals surface area contributed by atoms with E-state index >= 15 is 0 Å². The molecule has 0 amide bonds. The molecular weight excluding hydrogens is 114 g/mol. The minimum atomic E-state index is 0.504. The molecule has 0 heterocycles. The lowest BCUT2D eigenvalue weighted by Crippen LogP contribution is -1.80. The number of nitroso groups, excluding NO2 is 1. The molecule has 9 heavy (non-hydrogen) atoms. The van der Waals surface area contributed by atoms with Crippen molar-refractivity contribution in [3.63, 3.8) is 0 Å². The van der Waals surface area contributed by atoms with Crippen LogP contribution in [-0.2, 0) is 0 Å². The van der Waals surface area contributed by atoms with Crippen molar-refractivity contribution in [1.29, 1.82) is 0 Å². The van der Waals surface area contributed by atoms with E-state index in [1.54, 1.807) is 0 Å². The second-order valence-corrected chi connectivity index (χ2v) is 2.27. The zero-order valence-electron chi connectivity index (χ0n) is 6.10. The van der Waals surface area contributed by atoms with Crippen LogP contribution in [0.4, 0.5) is 0 Å². The molecular formula is C7H15NO. The highest BCUT2D eigenvalue weighted by molar-refractivity contribution is 4.44. The van der Waals surface area contributed by atoms with Gasteiger partial charge in [-0.2, -0.15) is 4.91 Å². The van der Waals surface area contributed by atoms with E-state index in [2.05, 4.69) is 12.1 Å². The number of unbranched alkanes of at least 4 members (excludes halogenated alkanes) is 4. The lowest BCUT2D eigenvalue weighted by molar-refractivity contribution is 0.637. The first-order valence-corrected chi connectivity index (χ1v) is 3.71. The van der Waals surface area contributed by atoms with Crippen molar-refractivity contribution in [2.75, 3.05) is 6.54 Å². The van der Waals surface area contributed by atoms with Crippen molar-refractivity contribution in [2.45, 2.75) is 39.0 Å². The van der Waals surface area contributed by atoms with Crippen LogP contribution in [0.1, 0.15) is 39.0 Å². The third kappa shape index (κ3) is 7.60. The van der Waals surface area contributed by atoms with Gasteiger partial charge in [0.25, 0.3) is 0 Å². The van der Waals surface area contributed by atoms with Crippen LogP contribution >= 0.6 is 0 Å². The Morgan fingerprint density at radius 2 is 1.78 bits per heavy atom. The van der Waals surface area contributed by atoms with Crippen molar-refractivity contribution >= 4 is 0 Å². The fourth-order valence-electron chi connectivity index (χ4n) is 0.780. The maximum absolute atomic E-state index is 9.59. The Balaban J connectivity index is 2.66. The van der Waals surface area contributed by atoms with Gasteiger partial charge < -0.3 is 0 Å². The van der Waals surface area contributed by atoms with Crippen LogP contribution in [0.2, 0.25) is 0 Å². The summed E-state index contributed by atoms with van der Waals surface area (Å²) in [6.45, 7) is 2.68. The van der Waals surface area contributed by atoms with E-state index in [1.807, 2.05) is 0 Å². The lowest BCUT2D eigenvalue weighted by Gasteiger charge is -1.93. The summed E-state index contributed by atoms with van der Waals surface area (Å²) in [6.07, 6.45) is 5.95. The molecule has 0 saturated carbocycles. The minimum absolute atomic E-state index is 0.504. The molecule has 54 valence electrons. The van der Waals surface area contributed by atoms with Crippen LogP contribution in [0.3, 0.4) is 0 Å². The van der Waals surface area contributed by atoms with Crippen molar-refractivity contribution in [3.8, 4) is 0 Å². The Bertz CT molecular complexity index is 63.9. The maximum Gasteiger partial charge on any atom is 0.0811 e. The summed E-state index contributed by atoms with van der Waals surface area (Å²) in [5.74, 6) is 0. The molecule has 0 aromatic carbocycles. The van der Waals surface area contributed by atoms with Gasteiger partial charge >= 0.3 is 0 Å². The normalized spacial score (nSPS) is 9.44. The molecule has 0 aromatic rings. The van der Waals surface area contributed by atoms with Crippen LogP contribution in [-0.4, -0.2) is 6.54 Å². The average molecular weight is 129 g/mol. The van der Waals surface area contributed by atoms with E-state index < -0.39 is 0 Å². The van der Waals surface area contributed by atoms with Gasteiger partial charge in [0.05, 0.1) is 6.54 Å². The molecule has 2 heteroatoms. The van der Waals surface area contributed by atoms with Crippen LogP contribution in [0.25, 0.3) is 0 Å². The van der Waals surface area contributed by atoms with Gasteiger partial charge in [-0.15, -0.1) is 0 Å². The van der Waals surface area contributed by atoms with Gasteiger partial charge in [-0.3, -0.25) is 0 Å². The summed E-state index contributed by atoms with van der Waals surface area (Å²) in [5.41, 5.74) is 0. The van der Waals surface area contributed by atoms with Crippen LogP contribution in [0.15, 0.2) is 5.18 Å². The Hall–Kier alpha value is -0.400. The molecule has 0 rings (SSSR count). The Labute approximate surface area is 56.6 Å². The molecule has 0 fully saturated rings. The molecule has 0 unspecified atom stereocenters. The molecule has 0 spiro atoms. The highest BCUT2D eigenvalue weighted by Crippen LogP contribution is 2.01. The molecule has 0 aliphatic carbocycles. The molecule has 0 aliphatic heterocycles. The molecule has 0 N–H and O–H groups in total. The van der Waals surface area contributed by atoms with E-state index in [1.165, 1.54) is 25.7 Å². The smallest absolute Gasteiger partial charge is 0.0811 e. The van der Waals surface area contributed by atoms with Crippen molar-refractivity contribution < 1.29 is 0 Å². The van der Waals surface area contributed by atoms with Gasteiger partial charge in [0, 0.05) is 0 Å². The van der Waals surface area contributed by atoms with Crippen molar-refractivity contribution in [2.24, 2.45) is 5.18 Å². The maximum atomic E-state index is 9.59. The standard InChI is InChI=1S/C7H15NO/c1-2-3-4-5-6-7-8-9/h2-7H2,1H3. The Morgan fingerprint density at radius 3 is 2.33 bits per heavy atom. The monoisotopic (exact) mass is 129 g/mol. The summed E-state index contributed by atoms with van der Waals surface area (Å²) in [7, 11) is 0. The third-order valence-corrected chi connectivity index (χ3v) is 1.35. The predicted octanol–water partition coefficient (Wildman–Crippen LogP) is 2.72. The zero-order valence-corrected chi connectivity index (χ0v) is 6.10. The molecule has 0 bridgehead atoms. The zero-order chi connectivity index (χ0) is 6.95. The molecule has 2 nitrogen and oxygen atoms in total. The first-order valence-electron chi connectivity index (χ1n) is 3.71. The quantitative estimate of drug-likeness (QED) is 0.400. The van der Waals surface area contributed by atoms with Gasteiger partial charge in [0.2, 0.25) is 0 Å². The molecule has 0 atom stereocenters. The number of hydrogen-bond donors (Lipinski definition) is 0. The Kier molecular flexibility index (Phi) is 7.26. The largest absolute Gasteiger partial charge is 0.151 e. The number of nitrogens with zero attached hydrogens (tertiary/aromatic N) is 1. The van der Waals surface area contributed by atoms with Gasteiger partial charge in [-0.25, -0.2) is 0 Å². The second kappa shape index (κ2) is 7.60. The molecule has 0 radical (unpaired) electrons. The van der Waals surface area contributed by atoms with Gasteiger partial charge in [0.15, 0.2) is 0 Å². The summed E-state index contributed by atoms with van der Waals surface area (Å²) in [4.78, 5) is 9.59. The van der Waals surface area contributed by atoms with Crippen molar-refractivity contribution in [3.05, 3.63) is 4.91 Å². The van der Waals surface area contributed by atoms with Gasteiger partial charge in [-0.05, 0) is 6.42 Å². The van der Waals surface area contributed by atoms with Gasteiger partial charge in [0.1, 0.15) is 0 Å². The predicted molar refractivity (Wildman–Crippen MR) is 39.4 cm³/mol. The fourth-order valence-corrected chi connectivity index (χ4v) is 0.780. The molecule has 0 aromatic heterocycles. The second-order valence-electron chi connectivity index (χ2n) is 2.27. The highest BCUT2D eigenvalue weighted by Gasteiger charge is 1.86. The first-order chi connectivity index (χ1) is 4.41. The van der Waals surface area contributed by atoms with E-state index in [0.717, 1.165) is 6.42 Å². The average Bonchev–Trinajstić information content (AvgIpc) is 1.89. The van der Waals surface area contributed by atoms with E-state index in [-0.39, 0.29) is 0 Å². The van der Waals surface area contributed by atoms with Crippen LogP contribution in [0, 0.1) is 4.91 Å². The first kappa shape index (κ1) is 8.60. The van der Waals surface area contributed by atoms with E-state index in [9.17, 15) is 4.91 Å². The highest BCUT2D eigenvalue weighted by atomic mass is 16.3. The number of rotatable bonds is 6. The fraction of sp³-hybridized carbons (Fsp3) is 1.00. The van der Waals surface area contributed by atoms with E-state index in [4.69, 9.17) is 0 Å². The summed E-state index contributed by atoms with van der Waals surface area (Å²) < 4.78 is 0.